The molecule has 4 rings (SSSR count). The minimum atomic E-state index is -0.0850. The van der Waals surface area contributed by atoms with Crippen molar-refractivity contribution in [3.05, 3.63) is 85.2 Å². The molecule has 2 aromatic carbocycles. The van der Waals surface area contributed by atoms with Crippen LogP contribution in [0.25, 0.3) is 11.0 Å². The Morgan fingerprint density at radius 1 is 1.15 bits per heavy atom. The number of carbonyl (C=O) groups excluding carboxylic acids is 2. The molecule has 1 atom stereocenters. The monoisotopic (exact) mass is 458 g/mol. The molecule has 1 aliphatic rings. The lowest BCUT2D eigenvalue weighted by Gasteiger charge is -2.21. The van der Waals surface area contributed by atoms with Crippen LogP contribution in [0.2, 0.25) is 0 Å². The number of nitrogens with zero attached hydrogens (tertiary/aromatic N) is 4. The molecule has 1 unspecified atom stereocenters. The van der Waals surface area contributed by atoms with Crippen molar-refractivity contribution in [2.24, 2.45) is 0 Å². The van der Waals surface area contributed by atoms with E-state index in [2.05, 4.69) is 13.2 Å². The fourth-order valence-electron chi connectivity index (χ4n) is 4.45. The Bertz CT molecular complexity index is 1190. The normalized spacial score (nSPS) is 15.5. The lowest BCUT2D eigenvalue weighted by molar-refractivity contribution is -0.130. The maximum absolute atomic E-state index is 13.1. The molecular weight excluding hydrogens is 428 g/mol. The van der Waals surface area contributed by atoms with E-state index in [0.717, 1.165) is 28.2 Å². The van der Waals surface area contributed by atoms with E-state index in [1.807, 2.05) is 58.0 Å². The molecule has 1 saturated heterocycles. The minimum Gasteiger partial charge on any atom is -0.497 e. The maximum atomic E-state index is 13.1. The standard InChI is InChI=1S/C27H30N4O3/c1-4-14-29(15-5-2)26(33)19-31-24-9-7-6-8-23(24)28-27(31)21-16-25(32)30(18-21)17-20-10-12-22(34-3)13-11-20/h4-13,21H,1-2,14-19H2,3H3. The van der Waals surface area contributed by atoms with E-state index >= 15 is 0 Å². The largest absolute Gasteiger partial charge is 0.497 e. The molecule has 0 spiro atoms. The van der Waals surface area contributed by atoms with Crippen molar-refractivity contribution >= 4 is 22.8 Å². The first-order valence-electron chi connectivity index (χ1n) is 11.4. The first-order chi connectivity index (χ1) is 16.5. The zero-order valence-corrected chi connectivity index (χ0v) is 19.5. The van der Waals surface area contributed by atoms with E-state index in [4.69, 9.17) is 9.72 Å². The average Bonchev–Trinajstić information content (AvgIpc) is 3.39. The number of ether oxygens (including phenoxy) is 1. The van der Waals surface area contributed by atoms with Crippen LogP contribution in [0.3, 0.4) is 0 Å². The van der Waals surface area contributed by atoms with Crippen LogP contribution < -0.4 is 4.74 Å². The molecule has 7 nitrogen and oxygen atoms in total. The first-order valence-corrected chi connectivity index (χ1v) is 11.4. The van der Waals surface area contributed by atoms with Gasteiger partial charge in [-0.25, -0.2) is 4.98 Å². The van der Waals surface area contributed by atoms with E-state index < -0.39 is 0 Å². The molecule has 3 aromatic rings. The second-order valence-electron chi connectivity index (χ2n) is 8.44. The van der Waals surface area contributed by atoms with Gasteiger partial charge in [0.25, 0.3) is 0 Å². The molecular formula is C27H30N4O3. The molecule has 1 aromatic heterocycles. The quantitative estimate of drug-likeness (QED) is 0.434. The molecule has 0 radical (unpaired) electrons. The van der Waals surface area contributed by atoms with Gasteiger partial charge >= 0.3 is 0 Å². The van der Waals surface area contributed by atoms with Crippen LogP contribution in [0.4, 0.5) is 0 Å². The van der Waals surface area contributed by atoms with Crippen LogP contribution in [0, 0.1) is 0 Å². The summed E-state index contributed by atoms with van der Waals surface area (Å²) in [7, 11) is 1.63. The number of para-hydroxylation sites is 2. The van der Waals surface area contributed by atoms with Crippen molar-refractivity contribution in [2.45, 2.75) is 25.4 Å². The van der Waals surface area contributed by atoms with Gasteiger partial charge in [-0.15, -0.1) is 13.2 Å². The molecule has 176 valence electrons. The van der Waals surface area contributed by atoms with E-state index in [9.17, 15) is 9.59 Å². The lowest BCUT2D eigenvalue weighted by Crippen LogP contribution is -2.34. The molecule has 0 N–H and O–H groups in total. The first kappa shape index (κ1) is 23.3. The molecule has 1 aliphatic heterocycles. The Balaban J connectivity index is 1.58. The van der Waals surface area contributed by atoms with Gasteiger partial charge in [-0.05, 0) is 29.8 Å². The predicted molar refractivity (Wildman–Crippen MR) is 132 cm³/mol. The Kier molecular flexibility index (Phi) is 7.11. The van der Waals surface area contributed by atoms with Crippen LogP contribution in [-0.4, -0.2) is 57.9 Å². The van der Waals surface area contributed by atoms with Crippen LogP contribution >= 0.6 is 0 Å². The van der Waals surface area contributed by atoms with Gasteiger partial charge in [0.2, 0.25) is 11.8 Å². The van der Waals surface area contributed by atoms with Crippen LogP contribution in [-0.2, 0) is 22.7 Å². The van der Waals surface area contributed by atoms with Crippen LogP contribution in [0.15, 0.2) is 73.8 Å². The third kappa shape index (κ3) is 4.88. The molecule has 34 heavy (non-hydrogen) atoms. The molecule has 1 fully saturated rings. The van der Waals surface area contributed by atoms with Gasteiger partial charge in [-0.3, -0.25) is 9.59 Å². The Morgan fingerprint density at radius 2 is 1.85 bits per heavy atom. The van der Waals surface area contributed by atoms with E-state index in [1.54, 1.807) is 24.2 Å². The van der Waals surface area contributed by atoms with Crippen LogP contribution in [0.5, 0.6) is 5.75 Å². The highest BCUT2D eigenvalue weighted by Gasteiger charge is 2.34. The number of likely N-dealkylation sites (tertiary alicyclic amines) is 1. The second kappa shape index (κ2) is 10.4. The Hall–Kier alpha value is -3.87. The highest BCUT2D eigenvalue weighted by atomic mass is 16.5. The van der Waals surface area contributed by atoms with Crippen molar-refractivity contribution in [1.29, 1.82) is 0 Å². The smallest absolute Gasteiger partial charge is 0.243 e. The van der Waals surface area contributed by atoms with Crippen molar-refractivity contribution in [2.75, 3.05) is 26.7 Å². The van der Waals surface area contributed by atoms with Gasteiger partial charge in [0.05, 0.1) is 18.1 Å². The van der Waals surface area contributed by atoms with Crippen molar-refractivity contribution in [3.8, 4) is 5.75 Å². The molecule has 7 heteroatoms. The highest BCUT2D eigenvalue weighted by Crippen LogP contribution is 2.31. The van der Waals surface area contributed by atoms with Gasteiger partial charge in [-0.1, -0.05) is 36.4 Å². The summed E-state index contributed by atoms with van der Waals surface area (Å²) in [6.45, 7) is 9.66. The zero-order valence-electron chi connectivity index (χ0n) is 19.5. The summed E-state index contributed by atoms with van der Waals surface area (Å²) in [5, 5.41) is 0. The number of methoxy groups -OCH3 is 1. The second-order valence-corrected chi connectivity index (χ2v) is 8.44. The van der Waals surface area contributed by atoms with Gasteiger partial charge in [0.1, 0.15) is 18.1 Å². The molecule has 2 amide bonds. The third-order valence-electron chi connectivity index (χ3n) is 6.14. The number of benzene rings is 2. The number of fused-ring (bicyclic) bond motifs is 1. The third-order valence-corrected chi connectivity index (χ3v) is 6.14. The summed E-state index contributed by atoms with van der Waals surface area (Å²) >= 11 is 0. The topological polar surface area (TPSA) is 67.7 Å². The van der Waals surface area contributed by atoms with Gasteiger partial charge in [-0.2, -0.15) is 0 Å². The number of hydrogen-bond acceptors (Lipinski definition) is 4. The van der Waals surface area contributed by atoms with Gasteiger partial charge in [0, 0.05) is 38.5 Å². The fourth-order valence-corrected chi connectivity index (χ4v) is 4.45. The summed E-state index contributed by atoms with van der Waals surface area (Å²) in [5.41, 5.74) is 2.76. The molecule has 0 saturated carbocycles. The zero-order chi connectivity index (χ0) is 24.1. The van der Waals surface area contributed by atoms with Crippen LogP contribution in [0.1, 0.15) is 23.7 Å². The summed E-state index contributed by atoms with van der Waals surface area (Å²) in [5.74, 6) is 1.53. The number of aromatic nitrogens is 2. The number of carbonyl (C=O) groups is 2. The Labute approximate surface area is 199 Å². The summed E-state index contributed by atoms with van der Waals surface area (Å²) in [6.07, 6.45) is 3.79. The Morgan fingerprint density at radius 3 is 2.53 bits per heavy atom. The maximum Gasteiger partial charge on any atom is 0.243 e. The number of amides is 2. The summed E-state index contributed by atoms with van der Waals surface area (Å²) < 4.78 is 7.19. The lowest BCUT2D eigenvalue weighted by atomic mass is 10.1. The number of hydrogen-bond donors (Lipinski definition) is 0. The van der Waals surface area contributed by atoms with Crippen molar-refractivity contribution in [1.82, 2.24) is 19.4 Å². The van der Waals surface area contributed by atoms with Gasteiger partial charge < -0.3 is 19.1 Å². The highest BCUT2D eigenvalue weighted by molar-refractivity contribution is 5.83. The molecule has 0 aliphatic carbocycles. The van der Waals surface area contributed by atoms with E-state index in [-0.39, 0.29) is 24.3 Å². The average molecular weight is 459 g/mol. The van der Waals surface area contributed by atoms with Crippen molar-refractivity contribution in [3.63, 3.8) is 0 Å². The number of rotatable bonds is 10. The summed E-state index contributed by atoms with van der Waals surface area (Å²) in [4.78, 5) is 34.4. The number of imidazole rings is 1. The van der Waals surface area contributed by atoms with E-state index in [1.165, 1.54) is 0 Å². The van der Waals surface area contributed by atoms with E-state index in [0.29, 0.717) is 32.6 Å². The SMILES string of the molecule is C=CCN(CC=C)C(=O)Cn1c(C2CC(=O)N(Cc3ccc(OC)cc3)C2)nc2ccccc21. The summed E-state index contributed by atoms with van der Waals surface area (Å²) in [6, 6.07) is 15.5. The van der Waals surface area contributed by atoms with Gasteiger partial charge in [0.15, 0.2) is 0 Å². The fraction of sp³-hybridized carbons (Fsp3) is 0.296. The molecule has 2 heterocycles. The molecule has 0 bridgehead atoms. The minimum absolute atomic E-state index is 0.0383. The van der Waals surface area contributed by atoms with Crippen molar-refractivity contribution < 1.29 is 14.3 Å². The predicted octanol–water partition coefficient (Wildman–Crippen LogP) is 3.76.